The maximum Gasteiger partial charge on any atom is 0.293 e. The van der Waals surface area contributed by atoms with Crippen molar-refractivity contribution in [2.24, 2.45) is 11.3 Å². The predicted molar refractivity (Wildman–Crippen MR) is 284 cm³/mol. The van der Waals surface area contributed by atoms with Gasteiger partial charge in [0, 0.05) is 87.3 Å². The Labute approximate surface area is 436 Å². The number of fused-ring (bicyclic) bond motifs is 1. The number of carbonyl (C=O) groups is 1. The minimum Gasteiger partial charge on any atom is -0.493 e. The van der Waals surface area contributed by atoms with Crippen LogP contribution >= 0.6 is 0 Å². The minimum atomic E-state index is -4.65. The summed E-state index contributed by atoms with van der Waals surface area (Å²) in [6.07, 6.45) is 7.32. The molecule has 17 nitrogen and oxygen atoms in total. The van der Waals surface area contributed by atoms with Gasteiger partial charge in [-0.1, -0.05) is 44.2 Å². The fourth-order valence-electron chi connectivity index (χ4n) is 11.8. The average Bonchev–Trinajstić information content (AvgIpc) is 3.75. The van der Waals surface area contributed by atoms with Gasteiger partial charge >= 0.3 is 0 Å². The molecule has 10 rings (SSSR count). The molecular weight excluding hydrogens is 980 g/mol. The summed E-state index contributed by atoms with van der Waals surface area (Å²) >= 11 is 0. The van der Waals surface area contributed by atoms with E-state index in [1.807, 2.05) is 6.07 Å². The Bertz CT molecular complexity index is 3220. The first-order valence-corrected chi connectivity index (χ1v) is 27.2. The predicted octanol–water partition coefficient (Wildman–Crippen LogP) is 9.54. The lowest BCUT2D eigenvalue weighted by Gasteiger charge is -2.63. The fourth-order valence-corrected chi connectivity index (χ4v) is 12.7. The van der Waals surface area contributed by atoms with Crippen molar-refractivity contribution in [2.45, 2.75) is 94.3 Å². The smallest absolute Gasteiger partial charge is 0.293 e. The van der Waals surface area contributed by atoms with E-state index in [0.717, 1.165) is 82.5 Å². The number of aromatic amines is 1. The fraction of sp³-hybridized carbons (Fsp3) is 0.429. The van der Waals surface area contributed by atoms with Crippen LogP contribution in [0.3, 0.4) is 0 Å². The maximum atomic E-state index is 14.7. The Hall–Kier alpha value is -6.80. The third-order valence-corrected chi connectivity index (χ3v) is 17.2. The second kappa shape index (κ2) is 20.7. The molecule has 4 heterocycles. The molecule has 0 bridgehead atoms. The zero-order valence-electron chi connectivity index (χ0n) is 43.0. The summed E-state index contributed by atoms with van der Waals surface area (Å²) < 4.78 is 61.9. The highest BCUT2D eigenvalue weighted by Crippen LogP contribution is 2.54. The standard InChI is InChI=1S/C56H65FN8O9S/c1-35(2)42-8-6-7-9-43(42)49-32-62(31-37-10-15-50(72-4)52(22-37)73-5)20-21-64(49)39-26-56(27-39)33-63(34-56)38-11-13-44(51(23-38)74-40-24-45-46(57)30-60-53(45)59-29-40)54(66)61-75(70,71)41-12-14-47(48(25-41)65(68)69)58-28-36-16-18-55(3,67)19-17-36/h6-15,22-25,29-30,35-36,39,49,58,67H,16-21,26-28,31-34H2,1-5H3,(H,59,60)(H,61,66)/t36-,49-,55-/m0/s1. The number of aromatic nitrogens is 2. The van der Waals surface area contributed by atoms with Gasteiger partial charge < -0.3 is 34.5 Å². The zero-order valence-corrected chi connectivity index (χ0v) is 43.8. The van der Waals surface area contributed by atoms with Crippen LogP contribution in [0.15, 0.2) is 102 Å². The Morgan fingerprint density at radius 2 is 1.73 bits per heavy atom. The maximum absolute atomic E-state index is 14.7. The van der Waals surface area contributed by atoms with Gasteiger partial charge in [0.1, 0.15) is 28.7 Å². The summed E-state index contributed by atoms with van der Waals surface area (Å²) in [7, 11) is -1.34. The largest absolute Gasteiger partial charge is 0.493 e. The molecule has 1 amide bonds. The Morgan fingerprint density at radius 3 is 2.47 bits per heavy atom. The van der Waals surface area contributed by atoms with Gasteiger partial charge in [-0.15, -0.1) is 0 Å². The number of piperazine rings is 1. The van der Waals surface area contributed by atoms with E-state index in [0.29, 0.717) is 42.7 Å². The molecule has 2 aliphatic heterocycles. The van der Waals surface area contributed by atoms with Crippen LogP contribution in [0, 0.1) is 27.3 Å². The van der Waals surface area contributed by atoms with Crippen LogP contribution in [0.25, 0.3) is 11.0 Å². The molecule has 4 aromatic carbocycles. The number of hydrogen-bond donors (Lipinski definition) is 4. The molecule has 19 heteroatoms. The lowest BCUT2D eigenvalue weighted by molar-refractivity contribution is -0.384. The number of methoxy groups -OCH3 is 2. The number of nitrogens with zero attached hydrogens (tertiary/aromatic N) is 5. The summed E-state index contributed by atoms with van der Waals surface area (Å²) in [5, 5.41) is 25.8. The number of rotatable bonds is 17. The van der Waals surface area contributed by atoms with Crippen molar-refractivity contribution in [1.82, 2.24) is 24.5 Å². The van der Waals surface area contributed by atoms with Crippen LogP contribution in [0.5, 0.6) is 23.0 Å². The van der Waals surface area contributed by atoms with E-state index in [9.17, 15) is 32.8 Å². The van der Waals surface area contributed by atoms with Crippen molar-refractivity contribution < 1.29 is 41.8 Å². The lowest BCUT2D eigenvalue weighted by Crippen LogP contribution is -2.68. The van der Waals surface area contributed by atoms with Crippen molar-refractivity contribution in [3.63, 3.8) is 0 Å². The van der Waals surface area contributed by atoms with Crippen LogP contribution in [0.4, 0.5) is 21.5 Å². The first-order valence-electron chi connectivity index (χ1n) is 25.7. The number of halogens is 1. The van der Waals surface area contributed by atoms with Crippen molar-refractivity contribution in [3.8, 4) is 23.0 Å². The Balaban J connectivity index is 0.848. The van der Waals surface area contributed by atoms with Crippen LogP contribution in [0.1, 0.15) is 98.3 Å². The second-order valence-corrected chi connectivity index (χ2v) is 23.2. The van der Waals surface area contributed by atoms with Gasteiger partial charge in [-0.05, 0) is 116 Å². The number of sulfonamides is 1. The molecule has 4 fully saturated rings. The number of carbonyl (C=O) groups excluding carboxylic acids is 1. The van der Waals surface area contributed by atoms with Crippen molar-refractivity contribution in [2.75, 3.05) is 63.7 Å². The van der Waals surface area contributed by atoms with Gasteiger partial charge in [-0.2, -0.15) is 0 Å². The first-order chi connectivity index (χ1) is 35.9. The number of nitro groups is 1. The molecule has 2 aromatic heterocycles. The van der Waals surface area contributed by atoms with Gasteiger partial charge in [0.15, 0.2) is 11.5 Å². The number of anilines is 2. The number of benzene rings is 4. The van der Waals surface area contributed by atoms with E-state index in [4.69, 9.17) is 14.2 Å². The summed E-state index contributed by atoms with van der Waals surface area (Å²) in [6, 6.07) is 25.4. The highest BCUT2D eigenvalue weighted by molar-refractivity contribution is 7.90. The molecule has 1 spiro atoms. The molecule has 396 valence electrons. The van der Waals surface area contributed by atoms with E-state index < -0.39 is 42.9 Å². The molecule has 2 saturated heterocycles. The minimum absolute atomic E-state index is 0.0112. The zero-order chi connectivity index (χ0) is 52.8. The van der Waals surface area contributed by atoms with E-state index in [2.05, 4.69) is 85.0 Å². The van der Waals surface area contributed by atoms with Crippen molar-refractivity contribution in [1.29, 1.82) is 0 Å². The van der Waals surface area contributed by atoms with Crippen LogP contribution in [-0.4, -0.2) is 109 Å². The summed E-state index contributed by atoms with van der Waals surface area (Å²) in [6.45, 7) is 11.8. The van der Waals surface area contributed by atoms with Crippen LogP contribution in [0.2, 0.25) is 0 Å². The SMILES string of the molecule is COc1ccc(CN2CCN(C3CC4(C3)CN(c3ccc(C(=O)NS(=O)(=O)c5ccc(NC[C@H]6CC[C@](C)(O)CC6)c([N+](=O)[O-])c5)c(Oc5cnc6[nH]cc(F)c6c5)c3)C4)[C@H](c3ccccc3C(C)C)C2)cc1OC. The summed E-state index contributed by atoms with van der Waals surface area (Å²) in [5.41, 5.74) is 3.85. The first kappa shape index (κ1) is 51.7. The van der Waals surface area contributed by atoms with Gasteiger partial charge in [0.25, 0.3) is 21.6 Å². The quantitative estimate of drug-likeness (QED) is 0.0496. The number of amides is 1. The highest BCUT2D eigenvalue weighted by atomic mass is 32.2. The molecule has 0 unspecified atom stereocenters. The monoisotopic (exact) mass is 1040 g/mol. The third-order valence-electron chi connectivity index (χ3n) is 15.9. The molecule has 4 N–H and O–H groups in total. The van der Waals surface area contributed by atoms with E-state index >= 15 is 0 Å². The number of hydrogen-bond acceptors (Lipinski definition) is 14. The number of pyridine rings is 1. The van der Waals surface area contributed by atoms with Crippen LogP contribution < -0.4 is 29.1 Å². The van der Waals surface area contributed by atoms with Gasteiger partial charge in [-0.25, -0.2) is 22.5 Å². The topological polar surface area (TPSA) is 205 Å². The number of aliphatic hydroxyl groups is 1. The molecule has 75 heavy (non-hydrogen) atoms. The molecular formula is C56H65FN8O9S. The normalized spacial score (nSPS) is 21.1. The number of ether oxygens (including phenoxy) is 3. The van der Waals surface area contributed by atoms with Gasteiger partial charge in [0.2, 0.25) is 0 Å². The van der Waals surface area contributed by atoms with Gasteiger partial charge in [0.05, 0.1) is 46.8 Å². The van der Waals surface area contributed by atoms with Crippen molar-refractivity contribution in [3.05, 3.63) is 136 Å². The summed E-state index contributed by atoms with van der Waals surface area (Å²) in [5.74, 6) is 0.518. The lowest BCUT2D eigenvalue weighted by atomic mass is 9.59. The second-order valence-electron chi connectivity index (χ2n) is 21.6. The molecule has 2 aliphatic carbocycles. The number of nitrogens with one attached hydrogen (secondary N) is 3. The summed E-state index contributed by atoms with van der Waals surface area (Å²) in [4.78, 5) is 39.7. The molecule has 1 atom stereocenters. The molecule has 6 aromatic rings. The Kier molecular flexibility index (Phi) is 14.3. The van der Waals surface area contributed by atoms with E-state index in [1.165, 1.54) is 53.3 Å². The van der Waals surface area contributed by atoms with Crippen LogP contribution in [-0.2, 0) is 16.6 Å². The van der Waals surface area contributed by atoms with E-state index in [-0.39, 0.29) is 45.5 Å². The molecule has 0 radical (unpaired) electrons. The van der Waals surface area contributed by atoms with E-state index in [1.54, 1.807) is 33.3 Å². The average molecular weight is 1050 g/mol. The molecule has 2 saturated carbocycles. The third kappa shape index (κ3) is 10.9. The Morgan fingerprint density at radius 1 is 0.973 bits per heavy atom. The van der Waals surface area contributed by atoms with Gasteiger partial charge in [-0.3, -0.25) is 24.7 Å². The van der Waals surface area contributed by atoms with Crippen molar-refractivity contribution >= 4 is 44.0 Å². The number of H-pyrrole nitrogens is 1. The molecule has 4 aliphatic rings. The number of nitro benzene ring substituents is 1. The highest BCUT2D eigenvalue weighted by Gasteiger charge is 2.55.